The number of rotatable bonds is 7. The second kappa shape index (κ2) is 8.40. The van der Waals surface area contributed by atoms with Gasteiger partial charge in [0.2, 0.25) is 0 Å². The van der Waals surface area contributed by atoms with Crippen molar-refractivity contribution in [3.05, 3.63) is 26.6 Å². The van der Waals surface area contributed by atoms with Gasteiger partial charge < -0.3 is 10.5 Å². The molecule has 0 aliphatic rings. The van der Waals surface area contributed by atoms with Gasteiger partial charge in [-0.25, -0.2) is 0 Å². The Morgan fingerprint density at radius 1 is 1.29 bits per heavy atom. The predicted molar refractivity (Wildman–Crippen MR) is 83.1 cm³/mol. The summed E-state index contributed by atoms with van der Waals surface area (Å²) in [6, 6.07) is 4.14. The van der Waals surface area contributed by atoms with Crippen molar-refractivity contribution < 1.29 is 4.74 Å². The van der Waals surface area contributed by atoms with Crippen LogP contribution in [-0.2, 0) is 6.42 Å². The number of halogens is 2. The van der Waals surface area contributed by atoms with Crippen molar-refractivity contribution in [3.8, 4) is 5.75 Å². The van der Waals surface area contributed by atoms with Crippen molar-refractivity contribution in [1.82, 2.24) is 0 Å². The molecule has 2 N–H and O–H groups in total. The fourth-order valence-electron chi connectivity index (χ4n) is 1.44. The number of hydrogen-bond donors (Lipinski definition) is 1. The molecule has 0 radical (unpaired) electrons. The first-order chi connectivity index (χ1) is 8.19. The van der Waals surface area contributed by atoms with Crippen molar-refractivity contribution in [2.75, 3.05) is 25.2 Å². The zero-order valence-corrected chi connectivity index (χ0v) is 13.8. The van der Waals surface area contributed by atoms with Crippen LogP contribution in [0.3, 0.4) is 0 Å². The second-order valence-corrected chi connectivity index (χ2v) is 6.32. The topological polar surface area (TPSA) is 35.2 Å². The molecule has 0 spiro atoms. The Balaban J connectivity index is 2.65. The molecule has 2 nitrogen and oxygen atoms in total. The molecule has 17 heavy (non-hydrogen) atoms. The van der Waals surface area contributed by atoms with E-state index < -0.39 is 0 Å². The van der Waals surface area contributed by atoms with Crippen LogP contribution in [0, 0.1) is 0 Å². The van der Waals surface area contributed by atoms with E-state index in [1.807, 2.05) is 11.8 Å². The Kier molecular flexibility index (Phi) is 7.59. The van der Waals surface area contributed by atoms with Crippen LogP contribution < -0.4 is 10.5 Å². The third-order valence-electron chi connectivity index (χ3n) is 2.23. The number of thioether (sulfide) groups is 1. The molecule has 0 saturated carbocycles. The lowest BCUT2D eigenvalue weighted by Crippen LogP contribution is -2.04. The van der Waals surface area contributed by atoms with E-state index in [-0.39, 0.29) is 0 Å². The maximum absolute atomic E-state index is 5.76. The molecule has 0 amide bonds. The van der Waals surface area contributed by atoms with Gasteiger partial charge >= 0.3 is 0 Å². The van der Waals surface area contributed by atoms with Crippen LogP contribution in [0.5, 0.6) is 5.75 Å². The molecule has 0 unspecified atom stereocenters. The zero-order chi connectivity index (χ0) is 12.7. The summed E-state index contributed by atoms with van der Waals surface area (Å²) in [7, 11) is 0. The lowest BCUT2D eigenvalue weighted by Gasteiger charge is -2.11. The highest BCUT2D eigenvalue weighted by Crippen LogP contribution is 2.35. The van der Waals surface area contributed by atoms with Gasteiger partial charge in [-0.1, -0.05) is 0 Å². The molecule has 1 rings (SSSR count). The average molecular weight is 383 g/mol. The fraction of sp³-hybridized carbons (Fsp3) is 0.500. The van der Waals surface area contributed by atoms with Gasteiger partial charge in [0.05, 0.1) is 15.6 Å². The molecule has 0 aliphatic heterocycles. The molecule has 0 atom stereocenters. The summed E-state index contributed by atoms with van der Waals surface area (Å²) in [6.07, 6.45) is 4.04. The van der Waals surface area contributed by atoms with E-state index in [1.165, 1.54) is 5.56 Å². The summed E-state index contributed by atoms with van der Waals surface area (Å²) in [4.78, 5) is 0. The quantitative estimate of drug-likeness (QED) is 0.727. The van der Waals surface area contributed by atoms with Gasteiger partial charge in [0.25, 0.3) is 0 Å². The van der Waals surface area contributed by atoms with Crippen LogP contribution in [-0.4, -0.2) is 25.2 Å². The van der Waals surface area contributed by atoms with Crippen LogP contribution in [0.4, 0.5) is 0 Å². The van der Waals surface area contributed by atoms with Crippen LogP contribution in [0.25, 0.3) is 0 Å². The number of hydrogen-bond acceptors (Lipinski definition) is 3. The molecule has 0 heterocycles. The van der Waals surface area contributed by atoms with Gasteiger partial charge in [-0.3, -0.25) is 0 Å². The molecule has 5 heteroatoms. The van der Waals surface area contributed by atoms with Crippen molar-refractivity contribution in [3.63, 3.8) is 0 Å². The van der Waals surface area contributed by atoms with Crippen LogP contribution in [0.15, 0.2) is 21.1 Å². The fourth-order valence-corrected chi connectivity index (χ4v) is 3.36. The second-order valence-electron chi connectivity index (χ2n) is 3.62. The standard InChI is InChI=1S/C12H17Br2NOS/c1-17-6-2-5-16-12-10(13)7-9(3-4-15)8-11(12)14/h7-8H,2-6,15H2,1H3. The summed E-state index contributed by atoms with van der Waals surface area (Å²) >= 11 is 8.91. The lowest BCUT2D eigenvalue weighted by molar-refractivity contribution is 0.314. The third kappa shape index (κ3) is 5.20. The minimum Gasteiger partial charge on any atom is -0.491 e. The third-order valence-corrected chi connectivity index (χ3v) is 4.11. The molecular formula is C12H17Br2NOS. The normalized spacial score (nSPS) is 10.6. The molecule has 0 bridgehead atoms. The van der Waals surface area contributed by atoms with Gasteiger partial charge in [0, 0.05) is 0 Å². The van der Waals surface area contributed by atoms with E-state index in [2.05, 4.69) is 50.2 Å². The van der Waals surface area contributed by atoms with Gasteiger partial charge in [0.15, 0.2) is 0 Å². The van der Waals surface area contributed by atoms with Gasteiger partial charge in [-0.05, 0) is 81.0 Å². The minimum absolute atomic E-state index is 0.660. The van der Waals surface area contributed by atoms with E-state index >= 15 is 0 Å². The SMILES string of the molecule is CSCCCOc1c(Br)cc(CCN)cc1Br. The first-order valence-corrected chi connectivity index (χ1v) is 8.46. The first-order valence-electron chi connectivity index (χ1n) is 5.48. The van der Waals surface area contributed by atoms with Gasteiger partial charge in [-0.15, -0.1) is 0 Å². The Morgan fingerprint density at radius 2 is 1.94 bits per heavy atom. The Morgan fingerprint density at radius 3 is 2.47 bits per heavy atom. The molecular weight excluding hydrogens is 366 g/mol. The summed E-state index contributed by atoms with van der Waals surface area (Å²) in [5.74, 6) is 2.01. The van der Waals surface area contributed by atoms with E-state index in [1.54, 1.807) is 0 Å². The highest BCUT2D eigenvalue weighted by atomic mass is 79.9. The van der Waals surface area contributed by atoms with Crippen molar-refractivity contribution in [2.24, 2.45) is 5.73 Å². The minimum atomic E-state index is 0.660. The first kappa shape index (κ1) is 15.3. The maximum atomic E-state index is 5.76. The number of benzene rings is 1. The number of ether oxygens (including phenoxy) is 1. The molecule has 0 aliphatic carbocycles. The van der Waals surface area contributed by atoms with E-state index in [0.29, 0.717) is 6.54 Å². The molecule has 1 aromatic carbocycles. The van der Waals surface area contributed by atoms with Crippen molar-refractivity contribution in [1.29, 1.82) is 0 Å². The average Bonchev–Trinajstić information content (AvgIpc) is 2.27. The Bertz CT molecular complexity index is 337. The van der Waals surface area contributed by atoms with Crippen LogP contribution in [0.2, 0.25) is 0 Å². The van der Waals surface area contributed by atoms with Crippen LogP contribution >= 0.6 is 43.6 Å². The molecule has 0 fully saturated rings. The monoisotopic (exact) mass is 381 g/mol. The molecule has 1 aromatic rings. The highest BCUT2D eigenvalue weighted by molar-refractivity contribution is 9.11. The van der Waals surface area contributed by atoms with E-state index in [0.717, 1.165) is 39.9 Å². The Labute approximate surface area is 124 Å². The summed E-state index contributed by atoms with van der Waals surface area (Å²) < 4.78 is 7.74. The molecule has 0 aromatic heterocycles. The van der Waals surface area contributed by atoms with Gasteiger partial charge in [-0.2, -0.15) is 11.8 Å². The number of nitrogens with two attached hydrogens (primary N) is 1. The van der Waals surface area contributed by atoms with Crippen LogP contribution in [0.1, 0.15) is 12.0 Å². The molecule has 0 saturated heterocycles. The summed E-state index contributed by atoms with van der Waals surface area (Å²) in [5, 5.41) is 0. The predicted octanol–water partition coefficient (Wildman–Crippen LogP) is 3.84. The Hall–Kier alpha value is 0.290. The van der Waals surface area contributed by atoms with E-state index in [4.69, 9.17) is 10.5 Å². The summed E-state index contributed by atoms with van der Waals surface area (Å²) in [5.41, 5.74) is 6.76. The summed E-state index contributed by atoms with van der Waals surface area (Å²) in [6.45, 7) is 1.40. The lowest BCUT2D eigenvalue weighted by atomic mass is 10.1. The maximum Gasteiger partial charge on any atom is 0.147 e. The highest BCUT2D eigenvalue weighted by Gasteiger charge is 2.08. The van der Waals surface area contributed by atoms with Crippen molar-refractivity contribution in [2.45, 2.75) is 12.8 Å². The van der Waals surface area contributed by atoms with Gasteiger partial charge in [0.1, 0.15) is 5.75 Å². The van der Waals surface area contributed by atoms with Crippen molar-refractivity contribution >= 4 is 43.6 Å². The smallest absolute Gasteiger partial charge is 0.147 e. The molecule has 96 valence electrons. The van der Waals surface area contributed by atoms with E-state index in [9.17, 15) is 0 Å². The largest absolute Gasteiger partial charge is 0.491 e. The zero-order valence-electron chi connectivity index (χ0n) is 9.84.